The molecule has 1 aliphatic carbocycles. The molecule has 0 saturated heterocycles. The van der Waals surface area contributed by atoms with Crippen LogP contribution in [0.15, 0.2) is 36.7 Å². The minimum atomic E-state index is 0.293. The van der Waals surface area contributed by atoms with E-state index in [1.54, 1.807) is 10.7 Å². The summed E-state index contributed by atoms with van der Waals surface area (Å²) >= 11 is 5.98. The van der Waals surface area contributed by atoms with Crippen LogP contribution in [0.5, 0.6) is 0 Å². The van der Waals surface area contributed by atoms with Crippen LogP contribution >= 0.6 is 11.6 Å². The Morgan fingerprint density at radius 3 is 2.62 bits per heavy atom. The average Bonchev–Trinajstić information content (AvgIpc) is 3.10. The fourth-order valence-corrected chi connectivity index (χ4v) is 3.89. The molecule has 0 aliphatic heterocycles. The second-order valence-corrected chi connectivity index (χ2v) is 7.40. The van der Waals surface area contributed by atoms with E-state index in [-0.39, 0.29) is 0 Å². The normalized spacial score (nSPS) is 20.4. The van der Waals surface area contributed by atoms with Crippen molar-refractivity contribution in [1.82, 2.24) is 14.6 Å². The van der Waals surface area contributed by atoms with Crippen LogP contribution in [0.25, 0.3) is 5.65 Å². The molecular formula is C19H23ClN6. The van der Waals surface area contributed by atoms with Crippen molar-refractivity contribution in [3.8, 4) is 0 Å². The Bertz CT molecular complexity index is 896. The predicted molar refractivity (Wildman–Crippen MR) is 105 cm³/mol. The summed E-state index contributed by atoms with van der Waals surface area (Å²) in [4.78, 5) is 4.49. The van der Waals surface area contributed by atoms with Crippen LogP contribution in [0.2, 0.25) is 5.02 Å². The molecule has 0 spiro atoms. The summed E-state index contributed by atoms with van der Waals surface area (Å²) in [6.07, 6.45) is 7.65. The van der Waals surface area contributed by atoms with Crippen LogP contribution < -0.4 is 16.8 Å². The third kappa shape index (κ3) is 3.34. The van der Waals surface area contributed by atoms with E-state index >= 15 is 0 Å². The molecule has 3 aromatic rings. The van der Waals surface area contributed by atoms with Gasteiger partial charge in [-0.05, 0) is 49.3 Å². The number of hydrogen-bond acceptors (Lipinski definition) is 5. The van der Waals surface area contributed by atoms with Crippen LogP contribution in [-0.2, 0) is 6.54 Å². The Kier molecular flexibility index (Phi) is 4.70. The van der Waals surface area contributed by atoms with E-state index in [2.05, 4.69) is 15.4 Å². The summed E-state index contributed by atoms with van der Waals surface area (Å²) in [5, 5.41) is 8.78. The number of hydrogen-bond donors (Lipinski definition) is 3. The van der Waals surface area contributed by atoms with Gasteiger partial charge in [0.1, 0.15) is 5.82 Å². The number of imidazole rings is 1. The Labute approximate surface area is 157 Å². The van der Waals surface area contributed by atoms with E-state index in [9.17, 15) is 0 Å². The Morgan fingerprint density at radius 2 is 1.88 bits per heavy atom. The molecule has 1 fully saturated rings. The summed E-state index contributed by atoms with van der Waals surface area (Å²) in [7, 11) is 0. The van der Waals surface area contributed by atoms with Gasteiger partial charge in [0.15, 0.2) is 5.65 Å². The van der Waals surface area contributed by atoms with Gasteiger partial charge in [-0.2, -0.15) is 0 Å². The van der Waals surface area contributed by atoms with Crippen LogP contribution in [0.3, 0.4) is 0 Å². The van der Waals surface area contributed by atoms with Crippen molar-refractivity contribution in [2.24, 2.45) is 5.73 Å². The molecule has 1 saturated carbocycles. The Balaban J connectivity index is 1.69. The molecule has 0 radical (unpaired) electrons. The monoisotopic (exact) mass is 370 g/mol. The summed E-state index contributed by atoms with van der Waals surface area (Å²) < 4.78 is 1.73. The molecule has 1 aliphatic rings. The van der Waals surface area contributed by atoms with Crippen LogP contribution in [0.4, 0.5) is 11.5 Å². The van der Waals surface area contributed by atoms with Gasteiger partial charge in [-0.15, -0.1) is 5.10 Å². The zero-order valence-electron chi connectivity index (χ0n) is 14.5. The SMILES string of the molecule is Nc1nn2ccnc2c(NCc2ccc(Cl)cc2)c1C1CCC(N)CC1. The number of rotatable bonds is 4. The smallest absolute Gasteiger partial charge is 0.177 e. The van der Waals surface area contributed by atoms with Gasteiger partial charge < -0.3 is 16.8 Å². The molecule has 0 unspecified atom stereocenters. The number of fused-ring (bicyclic) bond motifs is 1. The van der Waals surface area contributed by atoms with Crippen molar-refractivity contribution in [1.29, 1.82) is 0 Å². The molecule has 26 heavy (non-hydrogen) atoms. The van der Waals surface area contributed by atoms with E-state index in [1.165, 1.54) is 0 Å². The highest BCUT2D eigenvalue weighted by molar-refractivity contribution is 6.30. The number of anilines is 2. The number of nitrogens with one attached hydrogen (secondary N) is 1. The lowest BCUT2D eigenvalue weighted by Crippen LogP contribution is -2.26. The average molecular weight is 371 g/mol. The maximum atomic E-state index is 6.35. The summed E-state index contributed by atoms with van der Waals surface area (Å²) in [5.41, 5.74) is 16.4. The van der Waals surface area contributed by atoms with Gasteiger partial charge in [-0.3, -0.25) is 0 Å². The first-order chi connectivity index (χ1) is 12.6. The van der Waals surface area contributed by atoms with Crippen molar-refractivity contribution in [3.63, 3.8) is 0 Å². The Morgan fingerprint density at radius 1 is 1.15 bits per heavy atom. The molecule has 0 atom stereocenters. The molecule has 6 nitrogen and oxygen atoms in total. The molecule has 7 heteroatoms. The van der Waals surface area contributed by atoms with Crippen molar-refractivity contribution < 1.29 is 0 Å². The molecular weight excluding hydrogens is 348 g/mol. The lowest BCUT2D eigenvalue weighted by atomic mass is 9.81. The molecule has 5 N–H and O–H groups in total. The largest absolute Gasteiger partial charge is 0.382 e. The number of nitrogens with zero attached hydrogens (tertiary/aromatic N) is 3. The molecule has 0 bridgehead atoms. The number of nitrogen functional groups attached to an aromatic ring is 1. The fourth-order valence-electron chi connectivity index (χ4n) is 3.76. The molecule has 1 aromatic carbocycles. The maximum absolute atomic E-state index is 6.35. The molecule has 2 aromatic heterocycles. The minimum absolute atomic E-state index is 0.293. The summed E-state index contributed by atoms with van der Waals surface area (Å²) in [6.45, 7) is 0.669. The van der Waals surface area contributed by atoms with E-state index in [4.69, 9.17) is 23.1 Å². The standard InChI is InChI=1S/C19H23ClN6/c20-14-5-1-12(2-6-14)11-24-17-16(13-3-7-15(21)8-4-13)18(22)25-26-10-9-23-19(17)26/h1-2,5-6,9-10,13,15,24H,3-4,7-8,11,21H2,(H2,22,25). The number of nitrogens with two attached hydrogens (primary N) is 2. The van der Waals surface area contributed by atoms with E-state index in [1.807, 2.05) is 30.5 Å². The zero-order valence-corrected chi connectivity index (χ0v) is 15.3. The highest BCUT2D eigenvalue weighted by atomic mass is 35.5. The van der Waals surface area contributed by atoms with Crippen LogP contribution in [-0.4, -0.2) is 20.6 Å². The van der Waals surface area contributed by atoms with Gasteiger partial charge in [0.05, 0.1) is 5.69 Å². The van der Waals surface area contributed by atoms with Crippen molar-refractivity contribution in [3.05, 3.63) is 52.8 Å². The first kappa shape index (κ1) is 17.1. The van der Waals surface area contributed by atoms with Gasteiger partial charge in [-0.1, -0.05) is 23.7 Å². The lowest BCUT2D eigenvalue weighted by Gasteiger charge is -2.28. The zero-order chi connectivity index (χ0) is 18.1. The van der Waals surface area contributed by atoms with E-state index in [0.717, 1.165) is 53.2 Å². The van der Waals surface area contributed by atoms with Gasteiger partial charge >= 0.3 is 0 Å². The highest BCUT2D eigenvalue weighted by Crippen LogP contribution is 2.40. The second-order valence-electron chi connectivity index (χ2n) is 6.96. The third-order valence-corrected chi connectivity index (χ3v) is 5.42. The summed E-state index contributed by atoms with van der Waals surface area (Å²) in [6, 6.07) is 8.12. The van der Waals surface area contributed by atoms with Crippen molar-refractivity contribution in [2.45, 2.75) is 44.2 Å². The Hall–Kier alpha value is -2.31. The highest BCUT2D eigenvalue weighted by Gasteiger charge is 2.26. The number of benzene rings is 1. The molecule has 2 heterocycles. The van der Waals surface area contributed by atoms with Crippen molar-refractivity contribution in [2.75, 3.05) is 11.1 Å². The topological polar surface area (TPSA) is 94.3 Å². The molecule has 0 amide bonds. The molecule has 4 rings (SSSR count). The quantitative estimate of drug-likeness (QED) is 0.652. The summed E-state index contributed by atoms with van der Waals surface area (Å²) in [5.74, 6) is 0.922. The van der Waals surface area contributed by atoms with Gasteiger partial charge in [0.2, 0.25) is 0 Å². The minimum Gasteiger partial charge on any atom is -0.382 e. The van der Waals surface area contributed by atoms with E-state index in [0.29, 0.717) is 24.3 Å². The van der Waals surface area contributed by atoms with Gasteiger partial charge in [-0.25, -0.2) is 9.50 Å². The molecule has 136 valence electrons. The van der Waals surface area contributed by atoms with E-state index < -0.39 is 0 Å². The second kappa shape index (κ2) is 7.13. The lowest BCUT2D eigenvalue weighted by molar-refractivity contribution is 0.396. The maximum Gasteiger partial charge on any atom is 0.177 e. The number of aromatic nitrogens is 3. The first-order valence-electron chi connectivity index (χ1n) is 8.98. The van der Waals surface area contributed by atoms with Crippen LogP contribution in [0, 0.1) is 0 Å². The van der Waals surface area contributed by atoms with Crippen LogP contribution in [0.1, 0.15) is 42.7 Å². The third-order valence-electron chi connectivity index (χ3n) is 5.17. The fraction of sp³-hybridized carbons (Fsp3) is 0.368. The van der Waals surface area contributed by atoms with Gasteiger partial charge in [0, 0.05) is 35.6 Å². The number of halogens is 1. The first-order valence-corrected chi connectivity index (χ1v) is 9.36. The van der Waals surface area contributed by atoms with Gasteiger partial charge in [0.25, 0.3) is 0 Å². The predicted octanol–water partition coefficient (Wildman–Crippen LogP) is 3.56. The van der Waals surface area contributed by atoms with Crippen molar-refractivity contribution >= 4 is 28.8 Å².